The highest BCUT2D eigenvalue weighted by Crippen LogP contribution is 2.44. The van der Waals surface area contributed by atoms with Crippen LogP contribution in [0.15, 0.2) is 164 Å². The van der Waals surface area contributed by atoms with E-state index in [1.807, 2.05) is 31.2 Å². The molecule has 1 nitrogen and oxygen atoms in total. The Morgan fingerprint density at radius 2 is 1.15 bits per heavy atom. The third kappa shape index (κ3) is 4.95. The summed E-state index contributed by atoms with van der Waals surface area (Å²) in [4.78, 5) is 0. The van der Waals surface area contributed by atoms with Crippen LogP contribution in [-0.4, -0.2) is 5.71 Å². The van der Waals surface area contributed by atoms with E-state index in [2.05, 4.69) is 128 Å². The first kappa shape index (κ1) is 26.0. The molecule has 0 fully saturated rings. The summed E-state index contributed by atoms with van der Waals surface area (Å²) in [6.07, 6.45) is 7.55. The van der Waals surface area contributed by atoms with Gasteiger partial charge in [0.1, 0.15) is 0 Å². The molecule has 6 aromatic rings. The molecule has 196 valence electrons. The second-order valence-corrected chi connectivity index (χ2v) is 10.3. The Hall–Kier alpha value is -5.27. The minimum Gasteiger partial charge on any atom is -0.300 e. The zero-order valence-corrected chi connectivity index (χ0v) is 23.2. The predicted molar refractivity (Wildman–Crippen MR) is 179 cm³/mol. The summed E-state index contributed by atoms with van der Waals surface area (Å²) in [6.45, 7) is 10.1. The van der Waals surface area contributed by atoms with Crippen LogP contribution in [0.5, 0.6) is 0 Å². The van der Waals surface area contributed by atoms with Gasteiger partial charge in [0.05, 0.1) is 5.71 Å². The van der Waals surface area contributed by atoms with E-state index in [-0.39, 0.29) is 0 Å². The quantitative estimate of drug-likeness (QED) is 0.122. The number of benzene rings is 6. The molecule has 0 unspecified atom stereocenters. The average molecular weight is 526 g/mol. The molecule has 0 aliphatic heterocycles. The molecule has 0 bridgehead atoms. The Morgan fingerprint density at radius 3 is 1.88 bits per heavy atom. The molecule has 0 aromatic heterocycles. The van der Waals surface area contributed by atoms with E-state index in [1.54, 1.807) is 0 Å². The van der Waals surface area contributed by atoms with E-state index in [0.717, 1.165) is 27.7 Å². The van der Waals surface area contributed by atoms with Gasteiger partial charge in [0.25, 0.3) is 0 Å². The Bertz CT molecular complexity index is 2040. The Labute approximate surface area is 241 Å². The van der Waals surface area contributed by atoms with Crippen molar-refractivity contribution in [3.63, 3.8) is 0 Å². The highest BCUT2D eigenvalue weighted by Gasteiger charge is 2.17. The molecule has 0 saturated carbocycles. The third-order valence-corrected chi connectivity index (χ3v) is 7.67. The molecule has 1 heteroatoms. The first-order valence-electron chi connectivity index (χ1n) is 13.9. The second kappa shape index (κ2) is 11.1. The maximum atomic E-state index is 8.91. The standard InChI is InChI=1S/C40H31N/c1-4-12-27(2)28(3)19-24-38(41)32-22-23-36-37(26-32)39(30-14-6-5-7-15-30)34-17-10-11-18-35(34)40(36)33-21-20-29-13-8-9-16-31(29)25-33/h4-26,41H,2-3H2,1H3/b12-4-,24-19-,41-38?. The number of hydrogen-bond donors (Lipinski definition) is 1. The largest absolute Gasteiger partial charge is 0.300 e. The minimum atomic E-state index is 0.431. The van der Waals surface area contributed by atoms with Gasteiger partial charge in [-0.3, -0.25) is 0 Å². The molecule has 1 N–H and O–H groups in total. The summed E-state index contributed by atoms with van der Waals surface area (Å²) in [5.41, 5.74) is 7.67. The first-order valence-corrected chi connectivity index (χ1v) is 13.9. The Balaban J connectivity index is 1.61. The van der Waals surface area contributed by atoms with Crippen molar-refractivity contribution in [1.82, 2.24) is 0 Å². The lowest BCUT2D eigenvalue weighted by Gasteiger charge is -2.19. The summed E-state index contributed by atoms with van der Waals surface area (Å²) >= 11 is 0. The van der Waals surface area contributed by atoms with Crippen LogP contribution in [0.3, 0.4) is 0 Å². The minimum absolute atomic E-state index is 0.431. The lowest BCUT2D eigenvalue weighted by Crippen LogP contribution is -1.97. The van der Waals surface area contributed by atoms with Gasteiger partial charge >= 0.3 is 0 Å². The number of allylic oxidation sites excluding steroid dienone is 6. The number of rotatable bonds is 7. The summed E-state index contributed by atoms with van der Waals surface area (Å²) in [6, 6.07) is 40.9. The first-order chi connectivity index (χ1) is 20.0. The molecule has 6 rings (SSSR count). The van der Waals surface area contributed by atoms with Crippen LogP contribution in [0.25, 0.3) is 54.6 Å². The maximum Gasteiger partial charge on any atom is 0.0612 e. The lowest BCUT2D eigenvalue weighted by molar-refractivity contribution is 1.49. The summed E-state index contributed by atoms with van der Waals surface area (Å²) in [5.74, 6) is 0. The molecular weight excluding hydrogens is 494 g/mol. The van der Waals surface area contributed by atoms with E-state index in [0.29, 0.717) is 5.71 Å². The summed E-state index contributed by atoms with van der Waals surface area (Å²) < 4.78 is 0. The molecular formula is C40H31N. The van der Waals surface area contributed by atoms with E-state index >= 15 is 0 Å². The van der Waals surface area contributed by atoms with Crippen molar-refractivity contribution in [2.45, 2.75) is 6.92 Å². The normalized spacial score (nSPS) is 11.6. The zero-order chi connectivity index (χ0) is 28.3. The Morgan fingerprint density at radius 1 is 0.537 bits per heavy atom. The highest BCUT2D eigenvalue weighted by molar-refractivity contribution is 6.23. The van der Waals surface area contributed by atoms with Gasteiger partial charge in [0.2, 0.25) is 0 Å². The highest BCUT2D eigenvalue weighted by atomic mass is 14.4. The fraction of sp³-hybridized carbons (Fsp3) is 0.0250. The van der Waals surface area contributed by atoms with Gasteiger partial charge in [0, 0.05) is 5.56 Å². The lowest BCUT2D eigenvalue weighted by atomic mass is 9.84. The molecule has 0 amide bonds. The second-order valence-electron chi connectivity index (χ2n) is 10.3. The topological polar surface area (TPSA) is 23.9 Å². The molecule has 0 aliphatic carbocycles. The Kier molecular flexibility index (Phi) is 7.02. The molecule has 0 saturated heterocycles. The SMILES string of the molecule is C=C(/C=C\C)C(=C)/C=C\C(=N)c1ccc2c(-c3ccc4ccccc4c3)c3ccccc3c(-c3ccccc3)c2c1. The van der Waals surface area contributed by atoms with E-state index in [9.17, 15) is 0 Å². The van der Waals surface area contributed by atoms with Crippen molar-refractivity contribution in [3.8, 4) is 22.3 Å². The molecule has 0 heterocycles. The van der Waals surface area contributed by atoms with E-state index in [1.165, 1.54) is 43.6 Å². The van der Waals surface area contributed by atoms with Crippen molar-refractivity contribution in [2.75, 3.05) is 0 Å². The van der Waals surface area contributed by atoms with Crippen LogP contribution in [-0.2, 0) is 0 Å². The van der Waals surface area contributed by atoms with E-state index in [4.69, 9.17) is 5.41 Å². The van der Waals surface area contributed by atoms with Gasteiger partial charge in [0.15, 0.2) is 0 Å². The van der Waals surface area contributed by atoms with Gasteiger partial charge in [-0.1, -0.05) is 135 Å². The zero-order valence-electron chi connectivity index (χ0n) is 23.2. The van der Waals surface area contributed by atoms with Gasteiger partial charge in [-0.2, -0.15) is 0 Å². The van der Waals surface area contributed by atoms with Gasteiger partial charge in [-0.25, -0.2) is 0 Å². The van der Waals surface area contributed by atoms with Crippen molar-refractivity contribution in [3.05, 3.63) is 169 Å². The number of hydrogen-bond acceptors (Lipinski definition) is 1. The van der Waals surface area contributed by atoms with Gasteiger partial charge in [-0.05, 0) is 90.8 Å². The van der Waals surface area contributed by atoms with Crippen molar-refractivity contribution >= 4 is 38.0 Å². The molecule has 41 heavy (non-hydrogen) atoms. The van der Waals surface area contributed by atoms with E-state index < -0.39 is 0 Å². The maximum absolute atomic E-state index is 8.91. The number of nitrogens with one attached hydrogen (secondary N) is 1. The third-order valence-electron chi connectivity index (χ3n) is 7.67. The molecule has 0 atom stereocenters. The van der Waals surface area contributed by atoms with Crippen molar-refractivity contribution in [1.29, 1.82) is 5.41 Å². The average Bonchev–Trinajstić information content (AvgIpc) is 3.02. The van der Waals surface area contributed by atoms with Gasteiger partial charge < -0.3 is 5.41 Å². The summed E-state index contributed by atoms with van der Waals surface area (Å²) in [5, 5.41) is 16.1. The van der Waals surface area contributed by atoms with Crippen LogP contribution in [0.2, 0.25) is 0 Å². The monoisotopic (exact) mass is 525 g/mol. The molecule has 0 aliphatic rings. The molecule has 0 spiro atoms. The van der Waals surface area contributed by atoms with Gasteiger partial charge in [-0.15, -0.1) is 0 Å². The van der Waals surface area contributed by atoms with Crippen LogP contribution < -0.4 is 0 Å². The van der Waals surface area contributed by atoms with Crippen molar-refractivity contribution in [2.24, 2.45) is 0 Å². The smallest absolute Gasteiger partial charge is 0.0612 e. The molecule has 0 radical (unpaired) electrons. The summed E-state index contributed by atoms with van der Waals surface area (Å²) in [7, 11) is 0. The van der Waals surface area contributed by atoms with Crippen LogP contribution in [0.1, 0.15) is 12.5 Å². The van der Waals surface area contributed by atoms with Crippen LogP contribution in [0.4, 0.5) is 0 Å². The predicted octanol–water partition coefficient (Wildman–Crippen LogP) is 11.1. The van der Waals surface area contributed by atoms with Crippen molar-refractivity contribution < 1.29 is 0 Å². The van der Waals surface area contributed by atoms with Crippen LogP contribution in [0, 0.1) is 5.41 Å². The fourth-order valence-electron chi connectivity index (χ4n) is 5.61. The van der Waals surface area contributed by atoms with Crippen LogP contribution >= 0.6 is 0 Å². The number of fused-ring (bicyclic) bond motifs is 3. The molecule has 6 aromatic carbocycles. The fourth-order valence-corrected chi connectivity index (χ4v) is 5.61.